The lowest BCUT2D eigenvalue weighted by Crippen LogP contribution is -2.40. The summed E-state index contributed by atoms with van der Waals surface area (Å²) in [5.74, 6) is -0.999. The Bertz CT molecular complexity index is 2670. The molecule has 2 aromatic carbocycles. The summed E-state index contributed by atoms with van der Waals surface area (Å²) in [4.78, 5) is 57.4. The van der Waals surface area contributed by atoms with E-state index in [1.165, 1.54) is 37.6 Å². The number of nitrogens with one attached hydrogen (secondary N) is 5. The molecule has 0 saturated heterocycles. The van der Waals surface area contributed by atoms with Gasteiger partial charge in [0.15, 0.2) is 0 Å². The number of benzene rings is 2. The molecule has 27 heteroatoms. The number of H-pyrrole nitrogens is 1. The highest BCUT2D eigenvalue weighted by molar-refractivity contribution is 6.07. The van der Waals surface area contributed by atoms with Gasteiger partial charge in [-0.05, 0) is 55.5 Å². The number of aromatic nitrogens is 10. The van der Waals surface area contributed by atoms with E-state index in [1.807, 2.05) is 10.4 Å². The first-order chi connectivity index (χ1) is 28.4. The van der Waals surface area contributed by atoms with Crippen LogP contribution in [0.5, 0.6) is 0 Å². The standard InChI is InChI=1S/C33H26F6N16O5/c1-3-42-26(56)14-8-21(23-12-54(52-48-23)15-4-6-17(19(10-15)32(34,35)36)27(57)45-30(41-2)47-40)43-22(9-14)24-13-55(53-49-24)16-5-7-18(20(11-16)33(37,38)39)28(58)46-31-44-25(29(59)60)50-51-31/h4-13H,3,40H2,1-2H3,(H,42,56)(H,59,60)(H2,41,45,47,57)(H2,44,46,50,51,58). The number of aromatic carboxylic acids is 1. The van der Waals surface area contributed by atoms with Crippen molar-refractivity contribution in [2.24, 2.45) is 10.9 Å². The van der Waals surface area contributed by atoms with Crippen molar-refractivity contribution in [3.05, 3.63) is 94.6 Å². The summed E-state index contributed by atoms with van der Waals surface area (Å²) in [5, 5.41) is 42.6. The van der Waals surface area contributed by atoms with Crippen molar-refractivity contribution in [3.8, 4) is 34.2 Å². The number of rotatable bonds is 10. The number of nitrogens with two attached hydrogens (primary N) is 1. The number of amides is 3. The number of anilines is 1. The summed E-state index contributed by atoms with van der Waals surface area (Å²) in [6, 6.07) is 7.90. The van der Waals surface area contributed by atoms with Crippen LogP contribution in [-0.4, -0.2) is 98.5 Å². The number of carbonyl (C=O) groups is 4. The number of carboxylic acid groups (broad SMARTS) is 1. The number of hydrogen-bond donors (Lipinski definition) is 7. The summed E-state index contributed by atoms with van der Waals surface area (Å²) in [6.07, 6.45) is -7.70. The van der Waals surface area contributed by atoms with Crippen LogP contribution in [0, 0.1) is 0 Å². The first kappa shape index (κ1) is 41.4. The van der Waals surface area contributed by atoms with Gasteiger partial charge in [-0.2, -0.15) is 31.3 Å². The molecule has 0 spiro atoms. The molecule has 8 N–H and O–H groups in total. The molecule has 0 radical (unpaired) electrons. The molecule has 0 atom stereocenters. The molecule has 4 heterocycles. The molecule has 310 valence electrons. The number of carboxylic acids is 1. The number of halogens is 6. The SMILES string of the molecule is CCNC(=O)c1cc(-c2cn(-c3ccc(C(=O)N/C(=N/N)NC)c(C(F)(F)F)c3)nn2)nc(-c2cn(-c3ccc(C(=O)Nc4n[nH]c(C(=O)O)n4)c(C(F)(F)F)c3)nn2)c1. The van der Waals surface area contributed by atoms with Gasteiger partial charge in [0.2, 0.25) is 17.7 Å². The maximum absolute atomic E-state index is 14.2. The van der Waals surface area contributed by atoms with E-state index in [-0.39, 0.29) is 52.2 Å². The second-order valence-corrected chi connectivity index (χ2v) is 12.0. The molecule has 0 aliphatic heterocycles. The van der Waals surface area contributed by atoms with Crippen molar-refractivity contribution < 1.29 is 50.6 Å². The fraction of sp³-hybridized carbons (Fsp3) is 0.152. The second kappa shape index (κ2) is 16.3. The van der Waals surface area contributed by atoms with Gasteiger partial charge in [0.25, 0.3) is 17.7 Å². The van der Waals surface area contributed by atoms with Gasteiger partial charge >= 0.3 is 18.3 Å². The molecular formula is C33H26F6N16O5. The Hall–Kier alpha value is -8.26. The largest absolute Gasteiger partial charge is 0.475 e. The van der Waals surface area contributed by atoms with E-state index in [9.17, 15) is 45.5 Å². The Labute approximate surface area is 330 Å². The zero-order chi connectivity index (χ0) is 43.5. The number of guanidine groups is 1. The van der Waals surface area contributed by atoms with Crippen LogP contribution in [0.25, 0.3) is 34.2 Å². The van der Waals surface area contributed by atoms with Gasteiger partial charge in [-0.3, -0.25) is 30.1 Å². The molecule has 3 amide bonds. The van der Waals surface area contributed by atoms with Crippen LogP contribution in [-0.2, 0) is 12.4 Å². The molecule has 0 fully saturated rings. The van der Waals surface area contributed by atoms with Crippen molar-refractivity contribution in [2.45, 2.75) is 19.3 Å². The van der Waals surface area contributed by atoms with Crippen LogP contribution in [0.1, 0.15) is 59.7 Å². The van der Waals surface area contributed by atoms with E-state index in [0.717, 1.165) is 27.6 Å². The summed E-state index contributed by atoms with van der Waals surface area (Å²) in [7, 11) is 1.34. The van der Waals surface area contributed by atoms with Crippen LogP contribution in [0.15, 0.2) is 66.0 Å². The van der Waals surface area contributed by atoms with E-state index in [2.05, 4.69) is 56.7 Å². The van der Waals surface area contributed by atoms with Crippen molar-refractivity contribution in [1.82, 2.24) is 66.1 Å². The lowest BCUT2D eigenvalue weighted by molar-refractivity contribution is -0.138. The summed E-state index contributed by atoms with van der Waals surface area (Å²) >= 11 is 0. The summed E-state index contributed by atoms with van der Waals surface area (Å²) in [5.41, 5.74) is -4.91. The van der Waals surface area contributed by atoms with E-state index in [1.54, 1.807) is 6.92 Å². The Kier molecular flexibility index (Phi) is 11.2. The lowest BCUT2D eigenvalue weighted by atomic mass is 10.1. The van der Waals surface area contributed by atoms with Gasteiger partial charge in [-0.15, -0.1) is 20.4 Å². The smallest absolute Gasteiger partial charge is 0.417 e. The minimum Gasteiger partial charge on any atom is -0.475 e. The third kappa shape index (κ3) is 8.82. The average Bonchev–Trinajstić information content (AvgIpc) is 4.01. The second-order valence-electron chi connectivity index (χ2n) is 12.0. The van der Waals surface area contributed by atoms with E-state index in [0.29, 0.717) is 12.1 Å². The third-order valence-electron chi connectivity index (χ3n) is 8.08. The quantitative estimate of drug-likeness (QED) is 0.0343. The van der Waals surface area contributed by atoms with Crippen LogP contribution < -0.4 is 27.1 Å². The van der Waals surface area contributed by atoms with Crippen molar-refractivity contribution in [1.29, 1.82) is 0 Å². The maximum Gasteiger partial charge on any atom is 0.417 e. The molecule has 6 aromatic rings. The number of alkyl halides is 6. The normalized spacial score (nSPS) is 11.9. The van der Waals surface area contributed by atoms with Gasteiger partial charge in [0, 0.05) is 19.2 Å². The summed E-state index contributed by atoms with van der Waals surface area (Å²) in [6.45, 7) is 1.86. The topological polar surface area (TPSA) is 291 Å². The molecule has 6 rings (SSSR count). The number of nitrogens with zero attached hydrogens (tertiary/aromatic N) is 10. The van der Waals surface area contributed by atoms with Crippen LogP contribution in [0.3, 0.4) is 0 Å². The zero-order valence-electron chi connectivity index (χ0n) is 30.4. The minimum atomic E-state index is -5.08. The van der Waals surface area contributed by atoms with Gasteiger partial charge in [-0.25, -0.2) is 19.1 Å². The minimum absolute atomic E-state index is 0.00855. The molecule has 60 heavy (non-hydrogen) atoms. The van der Waals surface area contributed by atoms with Gasteiger partial charge in [0.1, 0.15) is 11.4 Å². The third-order valence-corrected chi connectivity index (χ3v) is 8.08. The van der Waals surface area contributed by atoms with Crippen molar-refractivity contribution in [3.63, 3.8) is 0 Å². The molecule has 0 aliphatic rings. The number of hydrazone groups is 1. The highest BCUT2D eigenvalue weighted by atomic mass is 19.4. The first-order valence-electron chi connectivity index (χ1n) is 16.7. The van der Waals surface area contributed by atoms with E-state index < -0.39 is 70.1 Å². The zero-order valence-corrected chi connectivity index (χ0v) is 30.4. The Morgan fingerprint density at radius 2 is 1.32 bits per heavy atom. The molecule has 4 aromatic heterocycles. The van der Waals surface area contributed by atoms with Crippen LogP contribution >= 0.6 is 0 Å². The van der Waals surface area contributed by atoms with Crippen LogP contribution in [0.2, 0.25) is 0 Å². The van der Waals surface area contributed by atoms with E-state index >= 15 is 0 Å². The highest BCUT2D eigenvalue weighted by Gasteiger charge is 2.37. The van der Waals surface area contributed by atoms with Gasteiger partial charge in [-0.1, -0.05) is 10.4 Å². The fourth-order valence-electron chi connectivity index (χ4n) is 5.33. The predicted octanol–water partition coefficient (Wildman–Crippen LogP) is 2.61. The first-order valence-corrected chi connectivity index (χ1v) is 16.7. The maximum atomic E-state index is 14.2. The number of carbonyl (C=O) groups excluding carboxylic acids is 3. The fourth-order valence-corrected chi connectivity index (χ4v) is 5.33. The monoisotopic (exact) mass is 840 g/mol. The Morgan fingerprint density at radius 1 is 0.783 bits per heavy atom. The van der Waals surface area contributed by atoms with Gasteiger partial charge in [0.05, 0.1) is 57.4 Å². The summed E-state index contributed by atoms with van der Waals surface area (Å²) < 4.78 is 87.0. The predicted molar refractivity (Wildman–Crippen MR) is 192 cm³/mol. The van der Waals surface area contributed by atoms with Crippen molar-refractivity contribution in [2.75, 3.05) is 18.9 Å². The molecule has 0 bridgehead atoms. The number of pyridine rings is 1. The van der Waals surface area contributed by atoms with Crippen LogP contribution in [0.4, 0.5) is 32.3 Å². The number of hydrogen-bond acceptors (Lipinski definition) is 13. The molecule has 0 aliphatic carbocycles. The molecular weight excluding hydrogens is 814 g/mol. The highest BCUT2D eigenvalue weighted by Crippen LogP contribution is 2.35. The number of aromatic amines is 1. The molecule has 0 saturated carbocycles. The average molecular weight is 841 g/mol. The Balaban J connectivity index is 1.33. The lowest BCUT2D eigenvalue weighted by Gasteiger charge is -2.14. The van der Waals surface area contributed by atoms with E-state index in [4.69, 9.17) is 10.9 Å². The molecule has 21 nitrogen and oxygen atoms in total. The molecule has 0 unspecified atom stereocenters. The van der Waals surface area contributed by atoms with Gasteiger partial charge < -0.3 is 21.6 Å². The Morgan fingerprint density at radius 3 is 1.77 bits per heavy atom. The van der Waals surface area contributed by atoms with Crippen molar-refractivity contribution >= 4 is 35.6 Å².